The summed E-state index contributed by atoms with van der Waals surface area (Å²) in [5, 5.41) is 12.2. The molecule has 0 radical (unpaired) electrons. The summed E-state index contributed by atoms with van der Waals surface area (Å²) in [5.41, 5.74) is 0.644. The van der Waals surface area contributed by atoms with E-state index in [2.05, 4.69) is 0 Å². The molecule has 0 spiro atoms. The molecule has 0 aromatic heterocycles. The van der Waals surface area contributed by atoms with Crippen LogP contribution < -0.4 is 0 Å². The lowest BCUT2D eigenvalue weighted by Gasteiger charge is -2.27. The first kappa shape index (κ1) is 14.8. The van der Waals surface area contributed by atoms with E-state index in [9.17, 15) is 13.5 Å². The van der Waals surface area contributed by atoms with Crippen molar-refractivity contribution in [1.29, 1.82) is 0 Å². The van der Waals surface area contributed by atoms with E-state index in [0.29, 0.717) is 23.4 Å². The average molecular weight is 325 g/mol. The first-order valence-corrected chi connectivity index (χ1v) is 9.17. The minimum absolute atomic E-state index is 0.167. The summed E-state index contributed by atoms with van der Waals surface area (Å²) in [7, 11) is -3.23. The molecule has 2 aromatic rings. The molecule has 0 aliphatic carbocycles. The maximum Gasteiger partial charge on any atom is 0.156 e. The molecule has 21 heavy (non-hydrogen) atoms. The molecule has 1 heterocycles. The van der Waals surface area contributed by atoms with Crippen LogP contribution in [-0.2, 0) is 9.84 Å². The predicted octanol–water partition coefficient (Wildman–Crippen LogP) is 3.49. The number of rotatable bonds is 2. The van der Waals surface area contributed by atoms with E-state index in [0.717, 1.165) is 17.2 Å². The fraction of sp³-hybridized carbons (Fsp3) is 0.375. The lowest BCUT2D eigenvalue weighted by molar-refractivity contribution is 0.166. The Bertz CT molecular complexity index is 770. The number of aliphatic hydroxyl groups excluding tert-OH is 1. The summed E-state index contributed by atoms with van der Waals surface area (Å²) in [6.07, 6.45) is 1.04. The summed E-state index contributed by atoms with van der Waals surface area (Å²) in [4.78, 5) is 0. The van der Waals surface area contributed by atoms with Crippen LogP contribution in [0.1, 0.15) is 30.9 Å². The van der Waals surface area contributed by atoms with Crippen molar-refractivity contribution in [3.05, 3.63) is 47.0 Å². The Morgan fingerprint density at radius 3 is 2.52 bits per heavy atom. The van der Waals surface area contributed by atoms with Crippen LogP contribution in [0.15, 0.2) is 36.4 Å². The molecule has 2 aromatic carbocycles. The summed E-state index contributed by atoms with van der Waals surface area (Å²) in [5.74, 6) is 0.167. The van der Waals surface area contributed by atoms with Gasteiger partial charge in [-0.1, -0.05) is 48.4 Å². The average Bonchev–Trinajstić information content (AvgIpc) is 2.47. The van der Waals surface area contributed by atoms with Crippen LogP contribution >= 0.6 is 11.6 Å². The summed E-state index contributed by atoms with van der Waals surface area (Å²) >= 11 is 6.18. The van der Waals surface area contributed by atoms with Crippen LogP contribution in [0.25, 0.3) is 10.8 Å². The van der Waals surface area contributed by atoms with Crippen LogP contribution in [0.2, 0.25) is 5.02 Å². The maximum atomic E-state index is 12.2. The molecule has 0 amide bonds. The Kier molecular flexibility index (Phi) is 3.95. The van der Waals surface area contributed by atoms with Crippen molar-refractivity contribution in [2.75, 3.05) is 5.75 Å². The van der Waals surface area contributed by atoms with Gasteiger partial charge in [0.2, 0.25) is 0 Å². The van der Waals surface area contributed by atoms with E-state index in [1.54, 1.807) is 12.1 Å². The SMILES string of the molecule is O=S1(=O)CCCCC1C(O)c1ccc(Cl)c2ccccc12. The molecule has 1 saturated heterocycles. The zero-order chi connectivity index (χ0) is 15.0. The van der Waals surface area contributed by atoms with Gasteiger partial charge in [0.25, 0.3) is 0 Å². The van der Waals surface area contributed by atoms with E-state index in [4.69, 9.17) is 11.6 Å². The number of hydrogen-bond acceptors (Lipinski definition) is 3. The lowest BCUT2D eigenvalue weighted by atomic mass is 9.96. The first-order valence-electron chi connectivity index (χ1n) is 7.07. The van der Waals surface area contributed by atoms with Gasteiger partial charge in [-0.05, 0) is 29.9 Å². The van der Waals surface area contributed by atoms with Gasteiger partial charge in [0, 0.05) is 10.4 Å². The van der Waals surface area contributed by atoms with Crippen LogP contribution in [-0.4, -0.2) is 24.5 Å². The summed E-state index contributed by atoms with van der Waals surface area (Å²) in [6.45, 7) is 0. The maximum absolute atomic E-state index is 12.2. The second-order valence-electron chi connectivity index (χ2n) is 5.53. The molecular weight excluding hydrogens is 308 g/mol. The number of halogens is 1. The molecule has 3 nitrogen and oxygen atoms in total. The van der Waals surface area contributed by atoms with E-state index in [1.165, 1.54) is 0 Å². The molecule has 5 heteroatoms. The van der Waals surface area contributed by atoms with Gasteiger partial charge >= 0.3 is 0 Å². The Hall–Kier alpha value is -1.10. The minimum atomic E-state index is -3.23. The predicted molar refractivity (Wildman–Crippen MR) is 85.3 cm³/mol. The fourth-order valence-corrected chi connectivity index (χ4v) is 5.28. The van der Waals surface area contributed by atoms with Crippen molar-refractivity contribution in [3.8, 4) is 0 Å². The second-order valence-corrected chi connectivity index (χ2v) is 8.27. The Morgan fingerprint density at radius 2 is 1.81 bits per heavy atom. The van der Waals surface area contributed by atoms with Gasteiger partial charge in [-0.3, -0.25) is 0 Å². The van der Waals surface area contributed by atoms with E-state index in [-0.39, 0.29) is 5.75 Å². The highest BCUT2D eigenvalue weighted by molar-refractivity contribution is 7.92. The lowest BCUT2D eigenvalue weighted by Crippen LogP contribution is -2.33. The zero-order valence-corrected chi connectivity index (χ0v) is 13.1. The van der Waals surface area contributed by atoms with Gasteiger partial charge in [-0.25, -0.2) is 8.42 Å². The van der Waals surface area contributed by atoms with Crippen molar-refractivity contribution in [3.63, 3.8) is 0 Å². The quantitative estimate of drug-likeness (QED) is 0.920. The molecule has 112 valence electrons. The van der Waals surface area contributed by atoms with Gasteiger partial charge in [0.15, 0.2) is 9.84 Å². The third kappa shape index (κ3) is 2.68. The third-order valence-electron chi connectivity index (χ3n) is 4.20. The number of benzene rings is 2. The van der Waals surface area contributed by atoms with Crippen LogP contribution in [0, 0.1) is 0 Å². The second kappa shape index (κ2) is 5.59. The standard InChI is InChI=1S/C16H17ClO3S/c17-14-9-8-13(11-5-1-2-6-12(11)14)16(18)15-7-3-4-10-21(15,19)20/h1-2,5-6,8-9,15-16,18H,3-4,7,10H2. The van der Waals surface area contributed by atoms with Crippen molar-refractivity contribution in [1.82, 2.24) is 0 Å². The molecule has 1 aliphatic rings. The normalized spacial score (nSPS) is 23.0. The molecule has 1 N–H and O–H groups in total. The van der Waals surface area contributed by atoms with Gasteiger partial charge in [0.05, 0.1) is 17.1 Å². The number of aliphatic hydroxyl groups is 1. The van der Waals surface area contributed by atoms with Crippen molar-refractivity contribution < 1.29 is 13.5 Å². The molecule has 1 aliphatic heterocycles. The first-order chi connectivity index (χ1) is 10.0. The van der Waals surface area contributed by atoms with E-state index >= 15 is 0 Å². The fourth-order valence-electron chi connectivity index (χ4n) is 3.08. The molecular formula is C16H17ClO3S. The molecule has 3 rings (SSSR count). The van der Waals surface area contributed by atoms with Crippen molar-refractivity contribution >= 4 is 32.2 Å². The highest BCUT2D eigenvalue weighted by Gasteiger charge is 2.36. The topological polar surface area (TPSA) is 54.4 Å². The number of hydrogen-bond donors (Lipinski definition) is 1. The Labute approximate surface area is 129 Å². The van der Waals surface area contributed by atoms with Crippen molar-refractivity contribution in [2.24, 2.45) is 0 Å². The number of fused-ring (bicyclic) bond motifs is 1. The monoisotopic (exact) mass is 324 g/mol. The van der Waals surface area contributed by atoms with Gasteiger partial charge in [-0.15, -0.1) is 0 Å². The van der Waals surface area contributed by atoms with Gasteiger partial charge in [0.1, 0.15) is 0 Å². The molecule has 2 atom stereocenters. The van der Waals surface area contributed by atoms with Gasteiger partial charge in [-0.2, -0.15) is 0 Å². The van der Waals surface area contributed by atoms with E-state index in [1.807, 2.05) is 24.3 Å². The third-order valence-corrected chi connectivity index (χ3v) is 6.81. The number of sulfone groups is 1. The smallest absolute Gasteiger partial charge is 0.156 e. The zero-order valence-electron chi connectivity index (χ0n) is 11.5. The molecule has 2 unspecified atom stereocenters. The van der Waals surface area contributed by atoms with Crippen LogP contribution in [0.4, 0.5) is 0 Å². The Morgan fingerprint density at radius 1 is 1.10 bits per heavy atom. The summed E-state index contributed by atoms with van der Waals surface area (Å²) < 4.78 is 24.4. The highest BCUT2D eigenvalue weighted by Crippen LogP contribution is 2.36. The molecule has 1 fully saturated rings. The molecule has 0 bridgehead atoms. The highest BCUT2D eigenvalue weighted by atomic mass is 35.5. The Balaban J connectivity index is 2.10. The molecule has 0 saturated carbocycles. The van der Waals surface area contributed by atoms with E-state index < -0.39 is 21.2 Å². The largest absolute Gasteiger partial charge is 0.387 e. The minimum Gasteiger partial charge on any atom is -0.387 e. The van der Waals surface area contributed by atoms with Crippen molar-refractivity contribution in [2.45, 2.75) is 30.6 Å². The van der Waals surface area contributed by atoms with Crippen LogP contribution in [0.5, 0.6) is 0 Å². The van der Waals surface area contributed by atoms with Gasteiger partial charge < -0.3 is 5.11 Å². The van der Waals surface area contributed by atoms with Crippen LogP contribution in [0.3, 0.4) is 0 Å². The summed E-state index contributed by atoms with van der Waals surface area (Å²) in [6, 6.07) is 10.9.